The number of aromatic amines is 1. The van der Waals surface area contributed by atoms with Crippen molar-refractivity contribution in [1.29, 1.82) is 0 Å². The highest BCUT2D eigenvalue weighted by Crippen LogP contribution is 2.28. The van der Waals surface area contributed by atoms with Crippen molar-refractivity contribution in [2.24, 2.45) is 0 Å². The molecular formula is C10H12N2O6S. The zero-order valence-electron chi connectivity index (χ0n) is 9.59. The number of nitrogens with zero attached hydrogens (tertiary/aromatic N) is 1. The molecule has 2 heterocycles. The monoisotopic (exact) mass is 288 g/mol. The summed E-state index contributed by atoms with van der Waals surface area (Å²) in [6, 6.07) is 0. The minimum absolute atomic E-state index is 0.0250. The van der Waals surface area contributed by atoms with Crippen molar-refractivity contribution in [3.8, 4) is 0 Å². The highest BCUT2D eigenvalue weighted by atomic mass is 32.1. The fourth-order valence-corrected chi connectivity index (χ4v) is 2.07. The molecule has 0 spiro atoms. The van der Waals surface area contributed by atoms with Crippen LogP contribution < -0.4 is 5.69 Å². The van der Waals surface area contributed by atoms with Crippen LogP contribution in [0, 0.1) is 4.64 Å². The number of ether oxygens (including phenoxy) is 1. The van der Waals surface area contributed by atoms with Crippen LogP contribution in [0.15, 0.2) is 11.0 Å². The van der Waals surface area contributed by atoms with E-state index in [0.29, 0.717) is 6.29 Å². The Kier molecular flexibility index (Phi) is 3.92. The average Bonchev–Trinajstić information content (AvgIpc) is 2.67. The van der Waals surface area contributed by atoms with Crippen LogP contribution in [0.25, 0.3) is 0 Å². The second-order valence-corrected chi connectivity index (χ2v) is 4.51. The molecule has 1 aromatic heterocycles. The number of hydrogen-bond donors (Lipinski definition) is 4. The van der Waals surface area contributed by atoms with E-state index < -0.39 is 36.8 Å². The minimum Gasteiger partial charge on any atom is -0.394 e. The molecular weight excluding hydrogens is 276 g/mol. The second-order valence-electron chi connectivity index (χ2n) is 4.10. The maximum Gasteiger partial charge on any atom is 0.328 e. The lowest BCUT2D eigenvalue weighted by atomic mass is 10.1. The Hall–Kier alpha value is -1.39. The van der Waals surface area contributed by atoms with E-state index in [-0.39, 0.29) is 10.2 Å². The molecule has 4 atom stereocenters. The summed E-state index contributed by atoms with van der Waals surface area (Å²) in [6.45, 7) is -0.507. The van der Waals surface area contributed by atoms with Crippen LogP contribution in [-0.4, -0.2) is 56.1 Å². The molecule has 0 aromatic carbocycles. The maximum atomic E-state index is 11.7. The van der Waals surface area contributed by atoms with E-state index in [9.17, 15) is 19.8 Å². The summed E-state index contributed by atoms with van der Waals surface area (Å²) in [7, 11) is 0. The summed E-state index contributed by atoms with van der Waals surface area (Å²) < 4.78 is 6.08. The molecule has 19 heavy (non-hydrogen) atoms. The van der Waals surface area contributed by atoms with Gasteiger partial charge in [0.1, 0.15) is 23.0 Å². The number of aliphatic hydroxyl groups is 3. The molecule has 1 aromatic rings. The highest BCUT2D eigenvalue weighted by molar-refractivity contribution is 7.71. The minimum atomic E-state index is -1.40. The predicted molar refractivity (Wildman–Crippen MR) is 64.3 cm³/mol. The normalized spacial score (nSPS) is 30.5. The SMILES string of the molecule is O=Cc1cn([C@@H]2O[C@H](CO)[C@@H](O)[C@H]2O)c(=O)[nH]c1=S. The van der Waals surface area contributed by atoms with Gasteiger partial charge in [-0.2, -0.15) is 0 Å². The Morgan fingerprint density at radius 3 is 2.68 bits per heavy atom. The second kappa shape index (κ2) is 5.31. The Labute approximate surface area is 111 Å². The third-order valence-corrected chi connectivity index (χ3v) is 3.25. The molecule has 0 unspecified atom stereocenters. The number of nitrogens with one attached hydrogen (secondary N) is 1. The summed E-state index contributed by atoms with van der Waals surface area (Å²) in [5, 5.41) is 28.4. The molecule has 1 aliphatic rings. The summed E-state index contributed by atoms with van der Waals surface area (Å²) in [4.78, 5) is 24.8. The van der Waals surface area contributed by atoms with Crippen LogP contribution >= 0.6 is 12.2 Å². The molecule has 1 aliphatic heterocycles. The Morgan fingerprint density at radius 2 is 2.16 bits per heavy atom. The van der Waals surface area contributed by atoms with Gasteiger partial charge in [-0.15, -0.1) is 0 Å². The fourth-order valence-electron chi connectivity index (χ4n) is 1.88. The van der Waals surface area contributed by atoms with E-state index >= 15 is 0 Å². The zero-order valence-corrected chi connectivity index (χ0v) is 10.4. The first kappa shape index (κ1) is 14.0. The summed E-state index contributed by atoms with van der Waals surface area (Å²) in [6.07, 6.45) is -3.35. The largest absolute Gasteiger partial charge is 0.394 e. The zero-order chi connectivity index (χ0) is 14.2. The van der Waals surface area contributed by atoms with Crippen LogP contribution in [0.2, 0.25) is 0 Å². The first-order valence-electron chi connectivity index (χ1n) is 5.42. The number of aromatic nitrogens is 2. The number of rotatable bonds is 3. The molecule has 0 bridgehead atoms. The van der Waals surface area contributed by atoms with Crippen molar-refractivity contribution >= 4 is 18.5 Å². The summed E-state index contributed by atoms with van der Waals surface area (Å²) in [5.41, 5.74) is -0.641. The molecule has 0 amide bonds. The number of carbonyl (C=O) groups excluding carboxylic acids is 1. The van der Waals surface area contributed by atoms with Gasteiger partial charge in [0.05, 0.1) is 12.2 Å². The molecule has 0 saturated carbocycles. The van der Waals surface area contributed by atoms with E-state index in [2.05, 4.69) is 4.98 Å². The quantitative estimate of drug-likeness (QED) is 0.387. The molecule has 0 aliphatic carbocycles. The van der Waals surface area contributed by atoms with Crippen LogP contribution in [0.5, 0.6) is 0 Å². The van der Waals surface area contributed by atoms with Gasteiger partial charge >= 0.3 is 5.69 Å². The van der Waals surface area contributed by atoms with Crippen molar-refractivity contribution in [1.82, 2.24) is 9.55 Å². The standard InChI is InChI=1S/C10H12N2O6S/c13-2-4-1-12(10(17)11-8(4)19)9-7(16)6(15)5(3-14)18-9/h1-2,5-7,9,14-16H,3H2,(H,11,17,19)/t5-,6-,7-,9-/m1/s1. The Balaban J connectivity index is 2.46. The number of H-pyrrole nitrogens is 1. The molecule has 8 nitrogen and oxygen atoms in total. The van der Waals surface area contributed by atoms with Crippen molar-refractivity contribution in [3.05, 3.63) is 26.9 Å². The number of hydrogen-bond acceptors (Lipinski definition) is 7. The first-order chi connectivity index (χ1) is 8.99. The first-order valence-corrected chi connectivity index (χ1v) is 5.83. The highest BCUT2D eigenvalue weighted by Gasteiger charge is 2.43. The van der Waals surface area contributed by atoms with Crippen molar-refractivity contribution in [3.63, 3.8) is 0 Å². The van der Waals surface area contributed by atoms with Crippen LogP contribution in [0.1, 0.15) is 16.6 Å². The van der Waals surface area contributed by atoms with Gasteiger partial charge in [-0.3, -0.25) is 14.3 Å². The molecule has 2 rings (SSSR count). The van der Waals surface area contributed by atoms with Crippen LogP contribution in [-0.2, 0) is 4.74 Å². The Morgan fingerprint density at radius 1 is 1.47 bits per heavy atom. The molecule has 4 N–H and O–H groups in total. The van der Waals surface area contributed by atoms with Gasteiger partial charge in [0.15, 0.2) is 12.5 Å². The van der Waals surface area contributed by atoms with E-state index in [4.69, 9.17) is 22.1 Å². The Bertz CT molecular complexity index is 596. The summed E-state index contributed by atoms with van der Waals surface area (Å²) >= 11 is 4.78. The third-order valence-electron chi connectivity index (χ3n) is 2.91. The molecule has 9 heteroatoms. The van der Waals surface area contributed by atoms with Crippen molar-refractivity contribution in [2.75, 3.05) is 6.61 Å². The van der Waals surface area contributed by atoms with Crippen molar-refractivity contribution in [2.45, 2.75) is 24.5 Å². The van der Waals surface area contributed by atoms with E-state index in [1.807, 2.05) is 0 Å². The smallest absolute Gasteiger partial charge is 0.328 e. The number of aliphatic hydroxyl groups excluding tert-OH is 3. The predicted octanol–water partition coefficient (Wildman–Crippen LogP) is -1.67. The lowest BCUT2D eigenvalue weighted by Crippen LogP contribution is -2.36. The average molecular weight is 288 g/mol. The van der Waals surface area contributed by atoms with Gasteiger partial charge in [-0.05, 0) is 0 Å². The van der Waals surface area contributed by atoms with Gasteiger partial charge in [-0.1, -0.05) is 12.2 Å². The van der Waals surface area contributed by atoms with Crippen molar-refractivity contribution < 1.29 is 24.9 Å². The lowest BCUT2D eigenvalue weighted by Gasteiger charge is -2.17. The van der Waals surface area contributed by atoms with Crippen LogP contribution in [0.4, 0.5) is 0 Å². The van der Waals surface area contributed by atoms with E-state index in [0.717, 1.165) is 10.8 Å². The van der Waals surface area contributed by atoms with E-state index in [1.54, 1.807) is 0 Å². The van der Waals surface area contributed by atoms with Gasteiger partial charge < -0.3 is 20.1 Å². The number of carbonyl (C=O) groups is 1. The van der Waals surface area contributed by atoms with Gasteiger partial charge in [0.2, 0.25) is 0 Å². The molecule has 1 saturated heterocycles. The maximum absolute atomic E-state index is 11.7. The summed E-state index contributed by atoms with van der Waals surface area (Å²) in [5.74, 6) is 0. The molecule has 104 valence electrons. The molecule has 1 fully saturated rings. The van der Waals surface area contributed by atoms with Gasteiger partial charge in [0, 0.05) is 6.20 Å². The van der Waals surface area contributed by atoms with Crippen LogP contribution in [0.3, 0.4) is 0 Å². The van der Waals surface area contributed by atoms with E-state index in [1.165, 1.54) is 0 Å². The third kappa shape index (κ3) is 2.38. The van der Waals surface area contributed by atoms with Gasteiger partial charge in [0.25, 0.3) is 0 Å². The topological polar surface area (TPSA) is 125 Å². The molecule has 0 radical (unpaired) electrons. The number of aldehydes is 1. The fraction of sp³-hybridized carbons (Fsp3) is 0.500. The lowest BCUT2D eigenvalue weighted by molar-refractivity contribution is -0.0550. The van der Waals surface area contributed by atoms with Gasteiger partial charge in [-0.25, -0.2) is 4.79 Å².